The maximum atomic E-state index is 6.77. The van der Waals surface area contributed by atoms with Crippen LogP contribution in [0.2, 0.25) is 0 Å². The summed E-state index contributed by atoms with van der Waals surface area (Å²) in [6.07, 6.45) is 5.77. The third-order valence-corrected chi connectivity index (χ3v) is 10.9. The average Bonchev–Trinajstić information content (AvgIpc) is 3.50. The normalized spacial score (nSPS) is 16.2. The fourth-order valence-electron chi connectivity index (χ4n) is 8.50. The third kappa shape index (κ3) is 3.80. The van der Waals surface area contributed by atoms with E-state index < -0.39 is 0 Å². The molecule has 48 heavy (non-hydrogen) atoms. The number of rotatable bonds is 2. The van der Waals surface area contributed by atoms with Crippen LogP contribution in [0.1, 0.15) is 43.0 Å². The molecule has 0 saturated carbocycles. The van der Waals surface area contributed by atoms with E-state index in [4.69, 9.17) is 9.15 Å². The number of furan rings is 1. The van der Waals surface area contributed by atoms with Gasteiger partial charge in [0.15, 0.2) is 11.3 Å². The first-order chi connectivity index (χ1) is 23.5. The number of hydrogen-bond acceptors (Lipinski definition) is 2. The van der Waals surface area contributed by atoms with E-state index in [1.54, 1.807) is 0 Å². The first kappa shape index (κ1) is 27.5. The van der Waals surface area contributed by atoms with Gasteiger partial charge in [0.2, 0.25) is 0 Å². The van der Waals surface area contributed by atoms with Gasteiger partial charge < -0.3 is 9.15 Å². The van der Waals surface area contributed by atoms with Gasteiger partial charge in [-0.25, -0.2) is 0 Å². The van der Waals surface area contributed by atoms with E-state index in [2.05, 4.69) is 142 Å². The maximum absolute atomic E-state index is 6.77. The second-order valence-electron chi connectivity index (χ2n) is 14.1. The summed E-state index contributed by atoms with van der Waals surface area (Å²) in [5.41, 5.74) is 11.7. The van der Waals surface area contributed by atoms with Crippen LogP contribution >= 0.6 is 0 Å². The van der Waals surface area contributed by atoms with E-state index in [0.29, 0.717) is 5.92 Å². The van der Waals surface area contributed by atoms with Gasteiger partial charge in [-0.2, -0.15) is 0 Å². The Morgan fingerprint density at radius 1 is 0.646 bits per heavy atom. The third-order valence-electron chi connectivity index (χ3n) is 10.9. The molecule has 0 spiro atoms. The summed E-state index contributed by atoms with van der Waals surface area (Å²) in [5.74, 6) is 2.18. The number of ether oxygens (including phenoxy) is 1. The van der Waals surface area contributed by atoms with Crippen LogP contribution in [0.5, 0.6) is 11.5 Å². The highest BCUT2D eigenvalue weighted by Crippen LogP contribution is 2.54. The zero-order valence-electron chi connectivity index (χ0n) is 27.3. The van der Waals surface area contributed by atoms with Gasteiger partial charge in [0.05, 0.1) is 0 Å². The lowest BCUT2D eigenvalue weighted by molar-refractivity contribution is 0.415. The van der Waals surface area contributed by atoms with Crippen molar-refractivity contribution in [2.45, 2.75) is 32.6 Å². The first-order valence-electron chi connectivity index (χ1n) is 17.0. The van der Waals surface area contributed by atoms with Gasteiger partial charge in [0, 0.05) is 27.3 Å². The molecule has 2 heteroatoms. The Labute approximate surface area is 279 Å². The van der Waals surface area contributed by atoms with Crippen molar-refractivity contribution < 1.29 is 9.15 Å². The van der Waals surface area contributed by atoms with Crippen LogP contribution in [0, 0.1) is 5.92 Å². The summed E-state index contributed by atoms with van der Waals surface area (Å²) in [6, 6.07) is 44.0. The maximum Gasteiger partial charge on any atom is 0.178 e. The van der Waals surface area contributed by atoms with E-state index in [-0.39, 0.29) is 5.41 Å². The SMILES string of the molecule is CC1C=Cc2c(c(-c3cccc4ccccc34)c3ccccc3c2-c2ccc3c(c2)C(C)(C)c2ccc4c(oc5ccccc54)c2O3)C1. The Morgan fingerprint density at radius 3 is 2.23 bits per heavy atom. The van der Waals surface area contributed by atoms with Crippen molar-refractivity contribution in [1.82, 2.24) is 0 Å². The number of para-hydroxylation sites is 1. The van der Waals surface area contributed by atoms with Crippen LogP contribution in [-0.4, -0.2) is 0 Å². The van der Waals surface area contributed by atoms with Crippen molar-refractivity contribution in [3.63, 3.8) is 0 Å². The smallest absolute Gasteiger partial charge is 0.178 e. The Morgan fingerprint density at radius 2 is 1.38 bits per heavy atom. The van der Waals surface area contributed by atoms with Gasteiger partial charge in [-0.3, -0.25) is 0 Å². The fraction of sp³-hybridized carbons (Fsp3) is 0.130. The molecule has 0 saturated heterocycles. The predicted molar refractivity (Wildman–Crippen MR) is 200 cm³/mol. The molecule has 0 fully saturated rings. The van der Waals surface area contributed by atoms with Gasteiger partial charge in [0.25, 0.3) is 0 Å². The molecule has 2 heterocycles. The Kier molecular flexibility index (Phi) is 5.70. The summed E-state index contributed by atoms with van der Waals surface area (Å²) < 4.78 is 13.2. The fourth-order valence-corrected chi connectivity index (χ4v) is 8.50. The molecular weight excluding hydrogens is 585 g/mol. The topological polar surface area (TPSA) is 22.4 Å². The quantitative estimate of drug-likeness (QED) is 0.192. The number of allylic oxidation sites excluding steroid dienone is 1. The van der Waals surface area contributed by atoms with Crippen molar-refractivity contribution in [3.05, 3.63) is 150 Å². The minimum Gasteiger partial charge on any atom is -0.453 e. The molecule has 1 aliphatic carbocycles. The van der Waals surface area contributed by atoms with Crippen molar-refractivity contribution in [1.29, 1.82) is 0 Å². The van der Waals surface area contributed by atoms with Crippen LogP contribution < -0.4 is 4.74 Å². The predicted octanol–water partition coefficient (Wildman–Crippen LogP) is 12.9. The van der Waals surface area contributed by atoms with Crippen molar-refractivity contribution in [3.8, 4) is 33.8 Å². The second kappa shape index (κ2) is 9.95. The standard InChI is InChI=1S/C46H34O2/c1-27-19-21-35-37(25-27)43(32-17-10-12-28-11-4-5-13-30(28)32)34-16-7-6-15-33(34)42(35)29-20-24-41-39(26-29)46(2,3)38-23-22-36-31-14-8-9-18-40(31)47-44(36)45(38)48-41/h4-24,26-27H,25H2,1-3H3. The summed E-state index contributed by atoms with van der Waals surface area (Å²) in [7, 11) is 0. The summed E-state index contributed by atoms with van der Waals surface area (Å²) in [4.78, 5) is 0. The molecule has 0 N–H and O–H groups in total. The van der Waals surface area contributed by atoms with Gasteiger partial charge in [-0.1, -0.05) is 130 Å². The zero-order chi connectivity index (χ0) is 32.1. The minimum atomic E-state index is -0.296. The molecule has 2 nitrogen and oxygen atoms in total. The Bertz CT molecular complexity index is 2660. The van der Waals surface area contributed by atoms with Gasteiger partial charge >= 0.3 is 0 Å². The number of benzene rings is 7. The van der Waals surface area contributed by atoms with Crippen molar-refractivity contribution in [2.24, 2.45) is 5.92 Å². The molecular formula is C46H34O2. The number of hydrogen-bond donors (Lipinski definition) is 0. The van der Waals surface area contributed by atoms with E-state index >= 15 is 0 Å². The molecule has 1 aromatic heterocycles. The van der Waals surface area contributed by atoms with E-state index in [1.807, 2.05) is 12.1 Å². The number of fused-ring (bicyclic) bond motifs is 9. The van der Waals surface area contributed by atoms with Crippen molar-refractivity contribution >= 4 is 49.6 Å². The van der Waals surface area contributed by atoms with Crippen molar-refractivity contribution in [2.75, 3.05) is 0 Å². The monoisotopic (exact) mass is 618 g/mol. The van der Waals surface area contributed by atoms with Crippen LogP contribution in [0.25, 0.3) is 71.8 Å². The minimum absolute atomic E-state index is 0.296. The molecule has 7 aromatic carbocycles. The lowest BCUT2D eigenvalue weighted by Gasteiger charge is -2.35. The van der Waals surface area contributed by atoms with E-state index in [0.717, 1.165) is 45.4 Å². The van der Waals surface area contributed by atoms with E-state index in [1.165, 1.54) is 60.5 Å². The molecule has 8 aromatic rings. The van der Waals surface area contributed by atoms with Crippen LogP contribution in [0.3, 0.4) is 0 Å². The summed E-state index contributed by atoms with van der Waals surface area (Å²) in [6.45, 7) is 6.95. The largest absolute Gasteiger partial charge is 0.453 e. The molecule has 230 valence electrons. The molecule has 10 rings (SSSR count). The van der Waals surface area contributed by atoms with Gasteiger partial charge in [-0.15, -0.1) is 0 Å². The lowest BCUT2D eigenvalue weighted by atomic mass is 9.73. The molecule has 0 bridgehead atoms. The zero-order valence-corrected chi connectivity index (χ0v) is 27.3. The van der Waals surface area contributed by atoms with Gasteiger partial charge in [-0.05, 0) is 91.5 Å². The van der Waals surface area contributed by atoms with Crippen LogP contribution in [0.4, 0.5) is 0 Å². The van der Waals surface area contributed by atoms with E-state index in [9.17, 15) is 0 Å². The molecule has 1 aliphatic heterocycles. The van der Waals surface area contributed by atoms with Crippen LogP contribution in [0.15, 0.2) is 132 Å². The van der Waals surface area contributed by atoms with Gasteiger partial charge in [0.1, 0.15) is 11.3 Å². The summed E-state index contributed by atoms with van der Waals surface area (Å²) >= 11 is 0. The molecule has 2 aliphatic rings. The molecule has 0 amide bonds. The molecule has 1 unspecified atom stereocenters. The Balaban J connectivity index is 1.21. The average molecular weight is 619 g/mol. The first-order valence-corrected chi connectivity index (χ1v) is 17.0. The van der Waals surface area contributed by atoms with Crippen LogP contribution in [-0.2, 0) is 11.8 Å². The highest BCUT2D eigenvalue weighted by atomic mass is 16.5. The molecule has 0 radical (unpaired) electrons. The molecule has 1 atom stereocenters. The Hall–Kier alpha value is -5.60. The summed E-state index contributed by atoms with van der Waals surface area (Å²) in [5, 5.41) is 7.35. The highest BCUT2D eigenvalue weighted by Gasteiger charge is 2.37. The highest BCUT2D eigenvalue weighted by molar-refractivity contribution is 6.14. The second-order valence-corrected chi connectivity index (χ2v) is 14.1. The lowest BCUT2D eigenvalue weighted by Crippen LogP contribution is -2.24.